The Kier molecular flexibility index (Phi) is 58.5. The van der Waals surface area contributed by atoms with Crippen molar-refractivity contribution < 1.29 is 80.2 Å². The average molecular weight is 1310 g/mol. The van der Waals surface area contributed by atoms with Crippen LogP contribution < -0.4 is 0 Å². The van der Waals surface area contributed by atoms with Gasteiger partial charge in [-0.2, -0.15) is 0 Å². The van der Waals surface area contributed by atoms with Crippen LogP contribution in [0.5, 0.6) is 0 Å². The molecule has 0 aromatic heterocycles. The predicted molar refractivity (Wildman–Crippen MR) is 358 cm³/mol. The highest BCUT2D eigenvalue weighted by Crippen LogP contribution is 2.45. The van der Waals surface area contributed by atoms with E-state index in [0.717, 1.165) is 108 Å². The lowest BCUT2D eigenvalue weighted by Gasteiger charge is -2.21. The van der Waals surface area contributed by atoms with Gasteiger partial charge in [-0.15, -0.1) is 0 Å². The second-order valence-corrected chi connectivity index (χ2v) is 30.1. The standard InChI is InChI=1S/C70H136O17P2/c1-60(2)46-38-30-22-16-12-10-9-11-13-19-27-36-44-52-69(74)86-65(56-80-67(72)50-42-34-25-18-15-14-17-23-31-39-47-61(3)4)58-84-88(76,77)82-54-64(71)55-83-89(78,79)85-59-66(87-70(75)53-45-37-29-28-33-41-49-63(7)8)57-81-68(73)51-43-35-26-21-20-24-32-40-48-62(5)6/h60-66,71H,9-59H2,1-8H3,(H,76,77)(H,78,79)/t64?,65-,66-/m1/s1. The average Bonchev–Trinajstić information content (AvgIpc) is 3.69. The molecule has 0 aromatic rings. The van der Waals surface area contributed by atoms with E-state index in [-0.39, 0.29) is 25.7 Å². The lowest BCUT2D eigenvalue weighted by molar-refractivity contribution is -0.161. The summed E-state index contributed by atoms with van der Waals surface area (Å²) in [4.78, 5) is 72.5. The molecule has 0 bridgehead atoms. The highest BCUT2D eigenvalue weighted by atomic mass is 31.2. The third-order valence-corrected chi connectivity index (χ3v) is 18.0. The van der Waals surface area contributed by atoms with Crippen LogP contribution in [0.3, 0.4) is 0 Å². The van der Waals surface area contributed by atoms with Gasteiger partial charge in [0.1, 0.15) is 19.3 Å². The maximum Gasteiger partial charge on any atom is 0.472 e. The van der Waals surface area contributed by atoms with Crippen LogP contribution in [-0.2, 0) is 65.4 Å². The van der Waals surface area contributed by atoms with E-state index in [0.29, 0.717) is 31.6 Å². The zero-order chi connectivity index (χ0) is 66.1. The van der Waals surface area contributed by atoms with E-state index in [9.17, 15) is 43.2 Å². The van der Waals surface area contributed by atoms with Crippen LogP contribution in [0.15, 0.2) is 0 Å². The first-order valence-corrected chi connectivity index (χ1v) is 39.2. The van der Waals surface area contributed by atoms with Crippen molar-refractivity contribution in [3.8, 4) is 0 Å². The minimum absolute atomic E-state index is 0.101. The number of esters is 4. The molecule has 3 unspecified atom stereocenters. The highest BCUT2D eigenvalue weighted by molar-refractivity contribution is 7.47. The maximum absolute atomic E-state index is 13.0. The van der Waals surface area contributed by atoms with E-state index >= 15 is 0 Å². The van der Waals surface area contributed by atoms with E-state index in [1.807, 2.05) is 0 Å². The molecule has 528 valence electrons. The van der Waals surface area contributed by atoms with Gasteiger partial charge in [-0.1, -0.05) is 293 Å². The molecule has 0 saturated heterocycles. The molecule has 0 aromatic carbocycles. The number of aliphatic hydroxyl groups excluding tert-OH is 1. The van der Waals surface area contributed by atoms with Crippen molar-refractivity contribution in [2.24, 2.45) is 23.7 Å². The number of unbranched alkanes of at least 4 members (excludes halogenated alkanes) is 33. The van der Waals surface area contributed by atoms with Crippen LogP contribution in [0.4, 0.5) is 0 Å². The van der Waals surface area contributed by atoms with Crippen molar-refractivity contribution in [1.82, 2.24) is 0 Å². The lowest BCUT2D eigenvalue weighted by Crippen LogP contribution is -2.30. The summed E-state index contributed by atoms with van der Waals surface area (Å²) >= 11 is 0. The number of hydrogen-bond acceptors (Lipinski definition) is 15. The number of aliphatic hydroxyl groups is 1. The van der Waals surface area contributed by atoms with Crippen LogP contribution in [0.25, 0.3) is 0 Å². The van der Waals surface area contributed by atoms with Gasteiger partial charge in [0, 0.05) is 25.7 Å². The third-order valence-electron chi connectivity index (χ3n) is 16.1. The van der Waals surface area contributed by atoms with Gasteiger partial charge in [0.05, 0.1) is 26.4 Å². The zero-order valence-electron chi connectivity index (χ0n) is 58.1. The molecular weight excluding hydrogens is 1170 g/mol. The Morgan fingerprint density at radius 1 is 0.281 bits per heavy atom. The fourth-order valence-electron chi connectivity index (χ4n) is 10.5. The Morgan fingerprint density at radius 2 is 0.472 bits per heavy atom. The predicted octanol–water partition coefficient (Wildman–Crippen LogP) is 19.7. The third kappa shape index (κ3) is 64.6. The van der Waals surface area contributed by atoms with Crippen LogP contribution in [-0.4, -0.2) is 96.7 Å². The molecule has 0 rings (SSSR count). The number of phosphoric acid groups is 2. The molecular formula is C70H136O17P2. The second kappa shape index (κ2) is 59.8. The van der Waals surface area contributed by atoms with Crippen molar-refractivity contribution in [2.75, 3.05) is 39.6 Å². The van der Waals surface area contributed by atoms with Crippen molar-refractivity contribution in [2.45, 2.75) is 363 Å². The second-order valence-electron chi connectivity index (χ2n) is 27.2. The molecule has 0 spiro atoms. The molecule has 0 radical (unpaired) electrons. The fraction of sp³-hybridized carbons (Fsp3) is 0.943. The normalized spacial score (nSPS) is 14.3. The van der Waals surface area contributed by atoms with Crippen molar-refractivity contribution in [1.29, 1.82) is 0 Å². The molecule has 89 heavy (non-hydrogen) atoms. The Hall–Kier alpha value is -1.94. The molecule has 19 heteroatoms. The summed E-state index contributed by atoms with van der Waals surface area (Å²) in [7, 11) is -9.90. The van der Waals surface area contributed by atoms with Crippen LogP contribution in [0.2, 0.25) is 0 Å². The Bertz CT molecular complexity index is 1760. The lowest BCUT2D eigenvalue weighted by atomic mass is 10.0. The molecule has 0 amide bonds. The van der Waals surface area contributed by atoms with E-state index in [4.69, 9.17) is 37.0 Å². The van der Waals surface area contributed by atoms with Crippen molar-refractivity contribution >= 4 is 39.5 Å². The van der Waals surface area contributed by atoms with Gasteiger partial charge in [0.15, 0.2) is 12.2 Å². The molecule has 0 aliphatic rings. The van der Waals surface area contributed by atoms with Crippen molar-refractivity contribution in [3.63, 3.8) is 0 Å². The van der Waals surface area contributed by atoms with E-state index in [1.54, 1.807) is 0 Å². The van der Waals surface area contributed by atoms with Gasteiger partial charge in [-0.05, 0) is 49.4 Å². The monoisotopic (exact) mass is 1310 g/mol. The first-order valence-electron chi connectivity index (χ1n) is 36.2. The number of hydrogen-bond donors (Lipinski definition) is 3. The number of carbonyl (C=O) groups excluding carboxylic acids is 4. The largest absolute Gasteiger partial charge is 0.472 e. The molecule has 0 saturated carbocycles. The molecule has 0 heterocycles. The maximum atomic E-state index is 13.0. The highest BCUT2D eigenvalue weighted by Gasteiger charge is 2.30. The quantitative estimate of drug-likeness (QED) is 0.0222. The Balaban J connectivity index is 5.24. The minimum Gasteiger partial charge on any atom is -0.462 e. The van der Waals surface area contributed by atoms with Gasteiger partial charge in [0.25, 0.3) is 0 Å². The van der Waals surface area contributed by atoms with Gasteiger partial charge in [-0.25, -0.2) is 9.13 Å². The molecule has 0 aliphatic carbocycles. The fourth-order valence-corrected chi connectivity index (χ4v) is 12.1. The number of ether oxygens (including phenoxy) is 4. The molecule has 0 fully saturated rings. The first-order chi connectivity index (χ1) is 42.6. The zero-order valence-corrected chi connectivity index (χ0v) is 59.8. The summed E-state index contributed by atoms with van der Waals surface area (Å²) < 4.78 is 68.2. The summed E-state index contributed by atoms with van der Waals surface area (Å²) in [5.74, 6) is 0.807. The van der Waals surface area contributed by atoms with Crippen LogP contribution in [0, 0.1) is 23.7 Å². The number of carbonyl (C=O) groups is 4. The molecule has 3 N–H and O–H groups in total. The van der Waals surface area contributed by atoms with Gasteiger partial charge in [0.2, 0.25) is 0 Å². The molecule has 5 atom stereocenters. The summed E-state index contributed by atoms with van der Waals surface area (Å²) in [6.07, 6.45) is 41.9. The SMILES string of the molecule is CC(C)CCCCCCCCCCCCCCCC(=O)O[C@H](COC(=O)CCCCCCCCCCCCC(C)C)COP(=O)(O)OCC(O)COP(=O)(O)OC[C@@H](COC(=O)CCCCCCCCCCC(C)C)OC(=O)CCCCCCCCC(C)C. The van der Waals surface area contributed by atoms with Gasteiger partial charge in [-0.3, -0.25) is 37.3 Å². The topological polar surface area (TPSA) is 237 Å². The van der Waals surface area contributed by atoms with Crippen molar-refractivity contribution in [3.05, 3.63) is 0 Å². The van der Waals surface area contributed by atoms with E-state index in [2.05, 4.69) is 55.4 Å². The number of phosphoric ester groups is 2. The van der Waals surface area contributed by atoms with Gasteiger partial charge < -0.3 is 33.8 Å². The minimum atomic E-state index is -4.95. The van der Waals surface area contributed by atoms with Gasteiger partial charge >= 0.3 is 39.5 Å². The molecule has 17 nitrogen and oxygen atoms in total. The number of rotatable bonds is 67. The Morgan fingerprint density at radius 3 is 0.697 bits per heavy atom. The summed E-state index contributed by atoms with van der Waals surface area (Å²) in [6.45, 7) is 14.0. The molecule has 0 aliphatic heterocycles. The summed E-state index contributed by atoms with van der Waals surface area (Å²) in [5.41, 5.74) is 0. The van der Waals surface area contributed by atoms with Crippen LogP contribution in [0.1, 0.15) is 344 Å². The van der Waals surface area contributed by atoms with E-state index < -0.39 is 97.5 Å². The van der Waals surface area contributed by atoms with Crippen LogP contribution >= 0.6 is 15.6 Å². The summed E-state index contributed by atoms with van der Waals surface area (Å²) in [5, 5.41) is 10.6. The first kappa shape index (κ1) is 87.1. The smallest absolute Gasteiger partial charge is 0.462 e. The van der Waals surface area contributed by atoms with E-state index in [1.165, 1.54) is 148 Å². The Labute approximate surface area is 543 Å². The summed E-state index contributed by atoms with van der Waals surface area (Å²) in [6, 6.07) is 0.